The lowest BCUT2D eigenvalue weighted by Gasteiger charge is -2.12. The monoisotopic (exact) mass is 311 g/mol. The van der Waals surface area contributed by atoms with E-state index >= 15 is 0 Å². The molecule has 0 amide bonds. The van der Waals surface area contributed by atoms with Gasteiger partial charge < -0.3 is 5.73 Å². The predicted molar refractivity (Wildman–Crippen MR) is 85.3 cm³/mol. The van der Waals surface area contributed by atoms with Gasteiger partial charge in [-0.1, -0.05) is 47.0 Å². The first-order chi connectivity index (χ1) is 9.06. The van der Waals surface area contributed by atoms with Crippen LogP contribution in [0.2, 0.25) is 10.0 Å². The number of nitrogens with two attached hydrogens (primary N) is 1. The third kappa shape index (κ3) is 4.15. The summed E-state index contributed by atoms with van der Waals surface area (Å²) in [6.07, 6.45) is 0. The maximum Gasteiger partial charge on any atom is 0.0595 e. The van der Waals surface area contributed by atoms with Crippen molar-refractivity contribution < 1.29 is 0 Å². The predicted octanol–water partition coefficient (Wildman–Crippen LogP) is 5.09. The van der Waals surface area contributed by atoms with Gasteiger partial charge in [-0.25, -0.2) is 0 Å². The summed E-state index contributed by atoms with van der Waals surface area (Å²) in [5, 5.41) is 1.11. The Labute approximate surface area is 128 Å². The van der Waals surface area contributed by atoms with E-state index in [9.17, 15) is 0 Å². The van der Waals surface area contributed by atoms with Gasteiger partial charge in [-0.05, 0) is 36.8 Å². The van der Waals surface area contributed by atoms with Crippen LogP contribution >= 0.6 is 35.0 Å². The van der Waals surface area contributed by atoms with Crippen LogP contribution in [0.4, 0.5) is 0 Å². The van der Waals surface area contributed by atoms with Gasteiger partial charge in [0.25, 0.3) is 0 Å². The molecular weight excluding hydrogens is 297 g/mol. The van der Waals surface area contributed by atoms with Crippen molar-refractivity contribution in [2.45, 2.75) is 17.9 Å². The zero-order valence-electron chi connectivity index (χ0n) is 10.6. The number of thioether (sulfide) groups is 1. The third-order valence-corrected chi connectivity index (χ3v) is 4.69. The Kier molecular flexibility index (Phi) is 5.17. The molecule has 0 spiro atoms. The molecule has 0 fully saturated rings. The van der Waals surface area contributed by atoms with Crippen LogP contribution in [0, 0.1) is 6.92 Å². The summed E-state index contributed by atoms with van der Waals surface area (Å²) >= 11 is 13.6. The van der Waals surface area contributed by atoms with Gasteiger partial charge in [-0.3, -0.25) is 0 Å². The number of hydrogen-bond acceptors (Lipinski definition) is 2. The van der Waals surface area contributed by atoms with Crippen LogP contribution in [-0.4, -0.2) is 5.75 Å². The molecule has 0 radical (unpaired) electrons. The van der Waals surface area contributed by atoms with E-state index in [1.807, 2.05) is 12.1 Å². The summed E-state index contributed by atoms with van der Waals surface area (Å²) in [4.78, 5) is 1.22. The quantitative estimate of drug-likeness (QED) is 0.795. The zero-order valence-corrected chi connectivity index (χ0v) is 12.9. The SMILES string of the molecule is Cc1ccc(SCC(N)c2ccc(Cl)c(Cl)c2)cc1. The van der Waals surface area contributed by atoms with E-state index in [2.05, 4.69) is 31.2 Å². The van der Waals surface area contributed by atoms with Crippen LogP contribution in [0.5, 0.6) is 0 Å². The number of benzene rings is 2. The smallest absolute Gasteiger partial charge is 0.0595 e. The molecule has 2 rings (SSSR count). The van der Waals surface area contributed by atoms with Gasteiger partial charge in [-0.2, -0.15) is 0 Å². The first-order valence-corrected chi connectivity index (χ1v) is 7.70. The molecule has 19 heavy (non-hydrogen) atoms. The molecule has 0 saturated heterocycles. The maximum atomic E-state index is 6.17. The van der Waals surface area contributed by atoms with Crippen LogP contribution < -0.4 is 5.73 Å². The van der Waals surface area contributed by atoms with Gasteiger partial charge in [0.05, 0.1) is 10.0 Å². The van der Waals surface area contributed by atoms with Crippen molar-refractivity contribution in [2.24, 2.45) is 5.73 Å². The molecule has 0 bridgehead atoms. The van der Waals surface area contributed by atoms with Gasteiger partial charge in [0, 0.05) is 16.7 Å². The Morgan fingerprint density at radius 3 is 2.37 bits per heavy atom. The highest BCUT2D eigenvalue weighted by Crippen LogP contribution is 2.28. The molecule has 2 N–H and O–H groups in total. The summed E-state index contributed by atoms with van der Waals surface area (Å²) in [7, 11) is 0. The molecule has 100 valence electrons. The van der Waals surface area contributed by atoms with Crippen molar-refractivity contribution in [3.63, 3.8) is 0 Å². The number of hydrogen-bond donors (Lipinski definition) is 1. The molecule has 1 atom stereocenters. The second kappa shape index (κ2) is 6.67. The Balaban J connectivity index is 1.98. The minimum Gasteiger partial charge on any atom is -0.323 e. The Morgan fingerprint density at radius 1 is 1.05 bits per heavy atom. The molecule has 2 aromatic carbocycles. The normalized spacial score (nSPS) is 12.4. The summed E-state index contributed by atoms with van der Waals surface area (Å²) in [5.74, 6) is 0.807. The molecule has 0 aliphatic heterocycles. The minimum atomic E-state index is -0.0546. The molecule has 1 unspecified atom stereocenters. The van der Waals surface area contributed by atoms with Crippen LogP contribution in [-0.2, 0) is 0 Å². The van der Waals surface area contributed by atoms with E-state index in [-0.39, 0.29) is 6.04 Å². The first kappa shape index (κ1) is 14.7. The number of halogens is 2. The summed E-state index contributed by atoms with van der Waals surface area (Å²) in [6, 6.07) is 13.9. The molecule has 4 heteroatoms. The standard InChI is InChI=1S/C15H15Cl2NS/c1-10-2-5-12(6-3-10)19-9-15(18)11-4-7-13(16)14(17)8-11/h2-8,15H,9,18H2,1H3. The fourth-order valence-electron chi connectivity index (χ4n) is 1.66. The lowest BCUT2D eigenvalue weighted by molar-refractivity contribution is 0.831. The fourth-order valence-corrected chi connectivity index (χ4v) is 2.86. The van der Waals surface area contributed by atoms with E-state index in [4.69, 9.17) is 28.9 Å². The first-order valence-electron chi connectivity index (χ1n) is 5.96. The number of aryl methyl sites for hydroxylation is 1. The highest BCUT2D eigenvalue weighted by molar-refractivity contribution is 7.99. The van der Waals surface area contributed by atoms with E-state index in [1.54, 1.807) is 17.8 Å². The Hall–Kier alpha value is -0.670. The highest BCUT2D eigenvalue weighted by Gasteiger charge is 2.08. The Bertz CT molecular complexity index is 555. The summed E-state index contributed by atoms with van der Waals surface area (Å²) < 4.78 is 0. The molecule has 2 aromatic rings. The van der Waals surface area contributed by atoms with Crippen LogP contribution in [0.1, 0.15) is 17.2 Å². The van der Waals surface area contributed by atoms with Crippen molar-refractivity contribution in [2.75, 3.05) is 5.75 Å². The van der Waals surface area contributed by atoms with Gasteiger partial charge in [0.1, 0.15) is 0 Å². The van der Waals surface area contributed by atoms with Crippen molar-refractivity contribution in [3.05, 3.63) is 63.6 Å². The van der Waals surface area contributed by atoms with E-state index in [0.29, 0.717) is 10.0 Å². The van der Waals surface area contributed by atoms with Crippen LogP contribution in [0.15, 0.2) is 47.4 Å². The minimum absolute atomic E-state index is 0.0546. The molecule has 0 aliphatic rings. The lowest BCUT2D eigenvalue weighted by atomic mass is 10.1. The summed E-state index contributed by atoms with van der Waals surface area (Å²) in [6.45, 7) is 2.08. The molecular formula is C15H15Cl2NS. The van der Waals surface area contributed by atoms with Gasteiger partial charge in [0.2, 0.25) is 0 Å². The molecule has 0 aromatic heterocycles. The average molecular weight is 312 g/mol. The third-order valence-electron chi connectivity index (χ3n) is 2.82. The van der Waals surface area contributed by atoms with E-state index < -0.39 is 0 Å². The van der Waals surface area contributed by atoms with Crippen LogP contribution in [0.25, 0.3) is 0 Å². The average Bonchev–Trinajstić information content (AvgIpc) is 2.41. The maximum absolute atomic E-state index is 6.17. The molecule has 1 nitrogen and oxygen atoms in total. The molecule has 0 heterocycles. The van der Waals surface area contributed by atoms with E-state index in [0.717, 1.165) is 11.3 Å². The molecule has 0 saturated carbocycles. The van der Waals surface area contributed by atoms with Crippen LogP contribution in [0.3, 0.4) is 0 Å². The van der Waals surface area contributed by atoms with E-state index in [1.165, 1.54) is 10.5 Å². The van der Waals surface area contributed by atoms with Gasteiger partial charge in [-0.15, -0.1) is 11.8 Å². The second-order valence-electron chi connectivity index (χ2n) is 4.40. The lowest BCUT2D eigenvalue weighted by Crippen LogP contribution is -2.12. The largest absolute Gasteiger partial charge is 0.323 e. The van der Waals surface area contributed by atoms with Crippen molar-refractivity contribution in [1.82, 2.24) is 0 Å². The number of rotatable bonds is 4. The zero-order chi connectivity index (χ0) is 13.8. The highest BCUT2D eigenvalue weighted by atomic mass is 35.5. The van der Waals surface area contributed by atoms with Crippen molar-refractivity contribution in [3.8, 4) is 0 Å². The topological polar surface area (TPSA) is 26.0 Å². The van der Waals surface area contributed by atoms with Crippen molar-refractivity contribution >= 4 is 35.0 Å². The summed E-state index contributed by atoms with van der Waals surface area (Å²) in [5.41, 5.74) is 8.44. The van der Waals surface area contributed by atoms with Crippen molar-refractivity contribution in [1.29, 1.82) is 0 Å². The Morgan fingerprint density at radius 2 is 1.74 bits per heavy atom. The second-order valence-corrected chi connectivity index (χ2v) is 6.31. The van der Waals surface area contributed by atoms with Gasteiger partial charge in [0.15, 0.2) is 0 Å². The van der Waals surface area contributed by atoms with Gasteiger partial charge >= 0.3 is 0 Å². The molecule has 0 aliphatic carbocycles. The fraction of sp³-hybridized carbons (Fsp3) is 0.200.